The minimum absolute atomic E-state index is 0.871. The van der Waals surface area contributed by atoms with Crippen molar-refractivity contribution in [1.82, 2.24) is 20.5 Å². The first-order valence-electron chi connectivity index (χ1n) is 11.0. The Morgan fingerprint density at radius 3 is 2.71 bits per heavy atom. The standard InChI is InChI=1S/C26H29N5/c1-21(28-13-5-6-23-19-29-30-20-23)24-9-10-26(31-16-3-2-4-17-31)25(18-24)8-7-22-11-14-27-15-12-22/h9-12,14-15,18-20,28H,1-6,13,16-17H2,(H,29,30). The summed E-state index contributed by atoms with van der Waals surface area (Å²) >= 11 is 0. The molecule has 3 heterocycles. The molecule has 2 N–H and O–H groups in total. The Hall–Kier alpha value is -3.52. The number of pyridine rings is 1. The summed E-state index contributed by atoms with van der Waals surface area (Å²) in [6, 6.07) is 10.4. The van der Waals surface area contributed by atoms with Gasteiger partial charge in [-0.05, 0) is 67.5 Å². The average Bonchev–Trinajstić information content (AvgIpc) is 3.35. The van der Waals surface area contributed by atoms with E-state index in [1.165, 1.54) is 30.5 Å². The van der Waals surface area contributed by atoms with Crippen LogP contribution < -0.4 is 10.2 Å². The van der Waals surface area contributed by atoms with Crippen molar-refractivity contribution >= 4 is 11.4 Å². The highest BCUT2D eigenvalue weighted by Gasteiger charge is 2.15. The van der Waals surface area contributed by atoms with E-state index in [0.29, 0.717) is 0 Å². The number of piperidine rings is 1. The van der Waals surface area contributed by atoms with Gasteiger partial charge in [-0.3, -0.25) is 10.1 Å². The predicted molar refractivity (Wildman–Crippen MR) is 127 cm³/mol. The lowest BCUT2D eigenvalue weighted by Gasteiger charge is -2.30. The van der Waals surface area contributed by atoms with Crippen molar-refractivity contribution in [2.75, 3.05) is 24.5 Å². The van der Waals surface area contributed by atoms with Gasteiger partial charge in [0.05, 0.1) is 11.9 Å². The number of nitrogens with one attached hydrogen (secondary N) is 2. The number of hydrogen-bond acceptors (Lipinski definition) is 4. The monoisotopic (exact) mass is 411 g/mol. The summed E-state index contributed by atoms with van der Waals surface area (Å²) in [6.45, 7) is 7.32. The molecule has 4 rings (SSSR count). The molecule has 5 heteroatoms. The molecule has 0 atom stereocenters. The number of aryl methyl sites for hydroxylation is 1. The molecule has 0 saturated carbocycles. The van der Waals surface area contributed by atoms with Crippen LogP contribution in [0.5, 0.6) is 0 Å². The minimum Gasteiger partial charge on any atom is -0.385 e. The fourth-order valence-corrected chi connectivity index (χ4v) is 3.86. The molecule has 2 aromatic heterocycles. The number of anilines is 1. The van der Waals surface area contributed by atoms with Crippen molar-refractivity contribution < 1.29 is 0 Å². The zero-order valence-corrected chi connectivity index (χ0v) is 17.9. The number of aromatic nitrogens is 3. The third kappa shape index (κ3) is 5.76. The predicted octanol–water partition coefficient (Wildman–Crippen LogP) is 4.39. The van der Waals surface area contributed by atoms with Gasteiger partial charge in [-0.25, -0.2) is 0 Å². The third-order valence-electron chi connectivity index (χ3n) is 5.60. The fraction of sp³-hybridized carbons (Fsp3) is 0.308. The lowest BCUT2D eigenvalue weighted by atomic mass is 10.0. The number of aromatic amines is 1. The second-order valence-electron chi connectivity index (χ2n) is 7.88. The van der Waals surface area contributed by atoms with E-state index < -0.39 is 0 Å². The Kier molecular flexibility index (Phi) is 7.02. The summed E-state index contributed by atoms with van der Waals surface area (Å²) in [4.78, 5) is 6.54. The van der Waals surface area contributed by atoms with Crippen LogP contribution in [0.2, 0.25) is 0 Å². The molecule has 158 valence electrons. The second kappa shape index (κ2) is 10.5. The van der Waals surface area contributed by atoms with Crippen LogP contribution in [0.15, 0.2) is 61.7 Å². The summed E-state index contributed by atoms with van der Waals surface area (Å²) in [7, 11) is 0. The van der Waals surface area contributed by atoms with E-state index in [1.54, 1.807) is 12.4 Å². The normalized spacial score (nSPS) is 13.4. The highest BCUT2D eigenvalue weighted by atomic mass is 15.1. The smallest absolute Gasteiger partial charge is 0.0525 e. The molecule has 5 nitrogen and oxygen atoms in total. The highest BCUT2D eigenvalue weighted by Crippen LogP contribution is 2.26. The second-order valence-corrected chi connectivity index (χ2v) is 7.88. The molecule has 0 unspecified atom stereocenters. The van der Waals surface area contributed by atoms with Crippen molar-refractivity contribution in [1.29, 1.82) is 0 Å². The van der Waals surface area contributed by atoms with Gasteiger partial charge >= 0.3 is 0 Å². The SMILES string of the molecule is C=C(NCCCc1cn[nH]c1)c1ccc(N2CCCCC2)c(C#Cc2ccncc2)c1. The van der Waals surface area contributed by atoms with Gasteiger partial charge in [0.1, 0.15) is 0 Å². The van der Waals surface area contributed by atoms with Crippen molar-refractivity contribution in [2.24, 2.45) is 0 Å². The molecule has 0 spiro atoms. The lowest BCUT2D eigenvalue weighted by Crippen LogP contribution is -2.30. The van der Waals surface area contributed by atoms with Crippen molar-refractivity contribution in [2.45, 2.75) is 32.1 Å². The highest BCUT2D eigenvalue weighted by molar-refractivity contribution is 5.70. The summed E-state index contributed by atoms with van der Waals surface area (Å²) in [5, 5.41) is 10.3. The molecule has 0 bridgehead atoms. The summed E-state index contributed by atoms with van der Waals surface area (Å²) < 4.78 is 0. The first-order valence-corrected chi connectivity index (χ1v) is 11.0. The number of hydrogen-bond donors (Lipinski definition) is 2. The van der Waals surface area contributed by atoms with Gasteiger partial charge in [-0.15, -0.1) is 0 Å². The first-order chi connectivity index (χ1) is 15.3. The topological polar surface area (TPSA) is 56.8 Å². The molecule has 31 heavy (non-hydrogen) atoms. The minimum atomic E-state index is 0.871. The Bertz CT molecular complexity index is 1040. The molecule has 1 fully saturated rings. The number of nitrogens with zero attached hydrogens (tertiary/aromatic N) is 3. The van der Waals surface area contributed by atoms with Gasteiger partial charge in [-0.1, -0.05) is 24.5 Å². The van der Waals surface area contributed by atoms with E-state index >= 15 is 0 Å². The maximum atomic E-state index is 4.26. The molecular weight excluding hydrogens is 382 g/mol. The van der Waals surface area contributed by atoms with Gasteiger partial charge < -0.3 is 10.2 Å². The van der Waals surface area contributed by atoms with Crippen LogP contribution in [0.25, 0.3) is 5.70 Å². The number of H-pyrrole nitrogens is 1. The summed E-state index contributed by atoms with van der Waals surface area (Å²) in [5.41, 5.74) is 6.50. The van der Waals surface area contributed by atoms with Crippen LogP contribution in [0.1, 0.15) is 47.9 Å². The molecule has 0 amide bonds. The van der Waals surface area contributed by atoms with Gasteiger partial charge in [-0.2, -0.15) is 5.10 Å². The maximum Gasteiger partial charge on any atom is 0.0525 e. The average molecular weight is 412 g/mol. The van der Waals surface area contributed by atoms with Crippen LogP contribution in [0.3, 0.4) is 0 Å². The van der Waals surface area contributed by atoms with Crippen LogP contribution in [0, 0.1) is 11.8 Å². The quantitative estimate of drug-likeness (QED) is 0.447. The Morgan fingerprint density at radius 1 is 1.10 bits per heavy atom. The van der Waals surface area contributed by atoms with Crippen LogP contribution in [-0.4, -0.2) is 34.8 Å². The van der Waals surface area contributed by atoms with Gasteiger partial charge in [0.2, 0.25) is 0 Å². The summed E-state index contributed by atoms with van der Waals surface area (Å²) in [6.07, 6.45) is 13.2. The van der Waals surface area contributed by atoms with E-state index in [9.17, 15) is 0 Å². The van der Waals surface area contributed by atoms with Gasteiger partial charge in [0.25, 0.3) is 0 Å². The zero-order chi connectivity index (χ0) is 21.3. The summed E-state index contributed by atoms with van der Waals surface area (Å²) in [5.74, 6) is 6.71. The number of rotatable bonds is 7. The molecule has 1 aliphatic heterocycles. The fourth-order valence-electron chi connectivity index (χ4n) is 3.86. The van der Waals surface area contributed by atoms with Crippen molar-refractivity contribution in [3.05, 3.63) is 84.0 Å². The van der Waals surface area contributed by atoms with E-state index in [2.05, 4.69) is 62.0 Å². The largest absolute Gasteiger partial charge is 0.385 e. The van der Waals surface area contributed by atoms with Crippen molar-refractivity contribution in [3.8, 4) is 11.8 Å². The van der Waals surface area contributed by atoms with Crippen LogP contribution in [0.4, 0.5) is 5.69 Å². The van der Waals surface area contributed by atoms with E-state index in [0.717, 1.165) is 54.9 Å². The van der Waals surface area contributed by atoms with Crippen molar-refractivity contribution in [3.63, 3.8) is 0 Å². The molecule has 1 aliphatic rings. The number of benzene rings is 1. The van der Waals surface area contributed by atoms with E-state index in [-0.39, 0.29) is 0 Å². The Balaban J connectivity index is 1.49. The molecule has 0 radical (unpaired) electrons. The molecule has 0 aliphatic carbocycles. The van der Waals surface area contributed by atoms with E-state index in [1.807, 2.05) is 24.5 Å². The van der Waals surface area contributed by atoms with Gasteiger partial charge in [0.15, 0.2) is 0 Å². The van der Waals surface area contributed by atoms with E-state index in [4.69, 9.17) is 0 Å². The maximum absolute atomic E-state index is 4.26. The first kappa shape index (κ1) is 20.7. The Morgan fingerprint density at radius 2 is 1.94 bits per heavy atom. The Labute approximate surface area is 184 Å². The lowest BCUT2D eigenvalue weighted by molar-refractivity contribution is 0.577. The molecule has 1 aromatic carbocycles. The van der Waals surface area contributed by atoms with Crippen LogP contribution >= 0.6 is 0 Å². The van der Waals surface area contributed by atoms with Crippen LogP contribution in [-0.2, 0) is 6.42 Å². The molecule has 3 aromatic rings. The third-order valence-corrected chi connectivity index (χ3v) is 5.60. The van der Waals surface area contributed by atoms with Gasteiger partial charge in [0, 0.05) is 55.0 Å². The molecular formula is C26H29N5. The molecule has 1 saturated heterocycles. The zero-order valence-electron chi connectivity index (χ0n) is 17.9.